The van der Waals surface area contributed by atoms with Crippen molar-refractivity contribution in [1.29, 1.82) is 0 Å². The molecule has 2 aromatic heterocycles. The average molecular weight is 397 g/mol. The fourth-order valence-electron chi connectivity index (χ4n) is 2.85. The third kappa shape index (κ3) is 3.70. The third-order valence-electron chi connectivity index (χ3n) is 4.59. The summed E-state index contributed by atoms with van der Waals surface area (Å²) in [6.07, 6.45) is 0. The Balaban J connectivity index is 1.43. The van der Waals surface area contributed by atoms with E-state index in [1.165, 1.54) is 17.3 Å². The number of amides is 1. The lowest BCUT2D eigenvalue weighted by molar-refractivity contribution is -0.128. The molecular weight excluding hydrogens is 376 g/mol. The van der Waals surface area contributed by atoms with Crippen LogP contribution in [-0.2, 0) is 4.79 Å². The van der Waals surface area contributed by atoms with E-state index in [-0.39, 0.29) is 11.9 Å². The molecule has 0 saturated carbocycles. The summed E-state index contributed by atoms with van der Waals surface area (Å²) in [5.74, 6) is 0.397. The van der Waals surface area contributed by atoms with Gasteiger partial charge >= 0.3 is 0 Å². The number of nitrogens with one attached hydrogen (secondary N) is 1. The van der Waals surface area contributed by atoms with E-state index in [2.05, 4.69) is 34.0 Å². The number of thiazole rings is 1. The Kier molecular flexibility index (Phi) is 4.88. The molecule has 0 aliphatic heterocycles. The van der Waals surface area contributed by atoms with Crippen LogP contribution in [0.3, 0.4) is 0 Å². The van der Waals surface area contributed by atoms with Crippen LogP contribution in [-0.4, -0.2) is 38.6 Å². The number of hydrogen-bond donors (Lipinski definition) is 1. The minimum Gasteiger partial charge on any atom is -0.336 e. The summed E-state index contributed by atoms with van der Waals surface area (Å²) >= 11 is 3.07. The first-order valence-electron chi connectivity index (χ1n) is 8.71. The molecular formula is C20H20N4OS2. The zero-order valence-electron chi connectivity index (χ0n) is 15.4. The number of thioether (sulfide) groups is 1. The van der Waals surface area contributed by atoms with Gasteiger partial charge in [0, 0.05) is 7.05 Å². The van der Waals surface area contributed by atoms with Gasteiger partial charge in [0.15, 0.2) is 5.16 Å². The molecule has 1 amide bonds. The smallest absolute Gasteiger partial charge is 0.233 e. The van der Waals surface area contributed by atoms with Gasteiger partial charge in [-0.25, -0.2) is 9.97 Å². The standard InChI is InChI=1S/C20H20N4OS2/c1-12-8-9-14-16(10-12)23-20(22-14)26-11-18(25)24(3)13(2)19-21-15-6-4-5-7-17(15)27-19/h4-10,13H,11H2,1-3H3,(H,22,23). The summed E-state index contributed by atoms with van der Waals surface area (Å²) in [6, 6.07) is 14.1. The van der Waals surface area contributed by atoms with Crippen LogP contribution in [0, 0.1) is 6.92 Å². The lowest BCUT2D eigenvalue weighted by Gasteiger charge is -2.22. The van der Waals surface area contributed by atoms with Crippen molar-refractivity contribution in [1.82, 2.24) is 19.9 Å². The van der Waals surface area contributed by atoms with Gasteiger partial charge in [0.1, 0.15) is 5.01 Å². The molecule has 1 unspecified atom stereocenters. The molecule has 0 aliphatic rings. The highest BCUT2D eigenvalue weighted by atomic mass is 32.2. The Hall–Kier alpha value is -2.38. The van der Waals surface area contributed by atoms with Crippen LogP contribution in [0.5, 0.6) is 0 Å². The number of carbonyl (C=O) groups is 1. The molecule has 27 heavy (non-hydrogen) atoms. The van der Waals surface area contributed by atoms with Crippen molar-refractivity contribution in [2.75, 3.05) is 12.8 Å². The fraction of sp³-hybridized carbons (Fsp3) is 0.250. The van der Waals surface area contributed by atoms with Gasteiger partial charge in [-0.2, -0.15) is 0 Å². The van der Waals surface area contributed by atoms with Crippen LogP contribution in [0.2, 0.25) is 0 Å². The number of benzene rings is 2. The quantitative estimate of drug-likeness (QED) is 0.493. The molecule has 2 heterocycles. The summed E-state index contributed by atoms with van der Waals surface area (Å²) in [5, 5.41) is 1.72. The molecule has 4 rings (SSSR count). The first-order valence-corrected chi connectivity index (χ1v) is 10.5. The van der Waals surface area contributed by atoms with Crippen LogP contribution >= 0.6 is 23.1 Å². The Morgan fingerprint density at radius 1 is 1.22 bits per heavy atom. The van der Waals surface area contributed by atoms with Crippen molar-refractivity contribution in [3.63, 3.8) is 0 Å². The van der Waals surface area contributed by atoms with Gasteiger partial charge in [0.2, 0.25) is 5.91 Å². The maximum atomic E-state index is 12.7. The lowest BCUT2D eigenvalue weighted by atomic mass is 10.2. The first-order chi connectivity index (χ1) is 13.0. The van der Waals surface area contributed by atoms with Crippen molar-refractivity contribution in [3.05, 3.63) is 53.0 Å². The van der Waals surface area contributed by atoms with Crippen LogP contribution in [0.25, 0.3) is 21.3 Å². The number of aromatic nitrogens is 3. The average Bonchev–Trinajstić information content (AvgIpc) is 3.27. The number of nitrogens with zero attached hydrogens (tertiary/aromatic N) is 3. The van der Waals surface area contributed by atoms with Crippen LogP contribution in [0.4, 0.5) is 0 Å². The Morgan fingerprint density at radius 2 is 2.04 bits per heavy atom. The Bertz CT molecular complexity index is 1080. The normalized spacial score (nSPS) is 12.6. The number of fused-ring (bicyclic) bond motifs is 2. The zero-order chi connectivity index (χ0) is 19.0. The second-order valence-electron chi connectivity index (χ2n) is 6.55. The molecule has 7 heteroatoms. The summed E-state index contributed by atoms with van der Waals surface area (Å²) < 4.78 is 1.15. The number of rotatable bonds is 5. The number of imidazole rings is 1. The van der Waals surface area contributed by atoms with E-state index in [0.29, 0.717) is 5.75 Å². The van der Waals surface area contributed by atoms with Crippen LogP contribution in [0.15, 0.2) is 47.6 Å². The monoisotopic (exact) mass is 396 g/mol. The summed E-state index contributed by atoms with van der Waals surface area (Å²) in [5.41, 5.74) is 4.09. The van der Waals surface area contributed by atoms with Crippen molar-refractivity contribution >= 4 is 50.3 Å². The topological polar surface area (TPSA) is 61.9 Å². The molecule has 0 bridgehead atoms. The van der Waals surface area contributed by atoms with E-state index in [1.807, 2.05) is 44.3 Å². The number of carbonyl (C=O) groups excluding carboxylic acids is 1. The minimum atomic E-state index is -0.0613. The van der Waals surface area contributed by atoms with Crippen LogP contribution in [0.1, 0.15) is 23.5 Å². The highest BCUT2D eigenvalue weighted by Crippen LogP contribution is 2.29. The number of H-pyrrole nitrogens is 1. The molecule has 1 N–H and O–H groups in total. The summed E-state index contributed by atoms with van der Waals surface area (Å²) in [4.78, 5) is 26.9. The second-order valence-corrected chi connectivity index (χ2v) is 8.58. The van der Waals surface area contributed by atoms with Gasteiger partial charge in [0.25, 0.3) is 0 Å². The predicted octanol–water partition coefficient (Wildman–Crippen LogP) is 4.79. The lowest BCUT2D eigenvalue weighted by Crippen LogP contribution is -2.31. The molecule has 0 aliphatic carbocycles. The number of aromatic amines is 1. The molecule has 0 fully saturated rings. The molecule has 5 nitrogen and oxygen atoms in total. The summed E-state index contributed by atoms with van der Waals surface area (Å²) in [6.45, 7) is 4.07. The van der Waals surface area contributed by atoms with Crippen LogP contribution < -0.4 is 0 Å². The first kappa shape index (κ1) is 18.0. The van der Waals surface area contributed by atoms with E-state index >= 15 is 0 Å². The van der Waals surface area contributed by atoms with E-state index in [4.69, 9.17) is 0 Å². The predicted molar refractivity (Wildman–Crippen MR) is 112 cm³/mol. The van der Waals surface area contributed by atoms with Gasteiger partial charge in [0.05, 0.1) is 33.0 Å². The van der Waals surface area contributed by atoms with Gasteiger partial charge in [-0.3, -0.25) is 4.79 Å². The van der Waals surface area contributed by atoms with Crippen molar-refractivity contribution < 1.29 is 4.79 Å². The highest BCUT2D eigenvalue weighted by Gasteiger charge is 2.21. The third-order valence-corrected chi connectivity index (χ3v) is 6.65. The molecule has 0 radical (unpaired) electrons. The molecule has 0 spiro atoms. The SMILES string of the molecule is Cc1ccc2nc(SCC(=O)N(C)C(C)c3nc4ccccc4s3)[nH]c2c1. The maximum Gasteiger partial charge on any atom is 0.233 e. The Labute approximate surface area is 165 Å². The van der Waals surface area contributed by atoms with Gasteiger partial charge < -0.3 is 9.88 Å². The summed E-state index contributed by atoms with van der Waals surface area (Å²) in [7, 11) is 1.83. The van der Waals surface area contributed by atoms with E-state index in [9.17, 15) is 4.79 Å². The molecule has 1 atom stereocenters. The second kappa shape index (κ2) is 7.32. The van der Waals surface area contributed by atoms with Crippen molar-refractivity contribution in [2.24, 2.45) is 0 Å². The number of para-hydroxylation sites is 1. The Morgan fingerprint density at radius 3 is 2.85 bits per heavy atom. The van der Waals surface area contributed by atoms with Gasteiger partial charge in [-0.05, 0) is 43.7 Å². The van der Waals surface area contributed by atoms with Crippen molar-refractivity contribution in [3.8, 4) is 0 Å². The largest absolute Gasteiger partial charge is 0.336 e. The molecule has 0 saturated heterocycles. The van der Waals surface area contributed by atoms with Gasteiger partial charge in [-0.15, -0.1) is 11.3 Å². The molecule has 2 aromatic carbocycles. The van der Waals surface area contributed by atoms with E-state index in [1.54, 1.807) is 16.2 Å². The fourth-order valence-corrected chi connectivity index (χ4v) is 4.72. The zero-order valence-corrected chi connectivity index (χ0v) is 17.0. The van der Waals surface area contributed by atoms with Crippen molar-refractivity contribution in [2.45, 2.75) is 25.0 Å². The maximum absolute atomic E-state index is 12.7. The van der Waals surface area contributed by atoms with Gasteiger partial charge in [-0.1, -0.05) is 30.0 Å². The molecule has 4 aromatic rings. The van der Waals surface area contributed by atoms with E-state index < -0.39 is 0 Å². The minimum absolute atomic E-state index is 0.0587. The molecule has 138 valence electrons. The highest BCUT2D eigenvalue weighted by molar-refractivity contribution is 7.99. The van der Waals surface area contributed by atoms with E-state index in [0.717, 1.165) is 31.4 Å². The number of aryl methyl sites for hydroxylation is 1. The number of hydrogen-bond acceptors (Lipinski definition) is 5.